The third-order valence-corrected chi connectivity index (χ3v) is 14.8. The molecule has 0 aromatic carbocycles. The van der Waals surface area contributed by atoms with E-state index in [-0.39, 0.29) is 61.9 Å². The number of fused-ring (bicyclic) bond motifs is 3. The number of nitrogens with one attached hydrogen (secondary N) is 1. The van der Waals surface area contributed by atoms with Crippen molar-refractivity contribution in [2.24, 2.45) is 35.3 Å². The molecule has 2 bridgehead atoms. The van der Waals surface area contributed by atoms with E-state index in [0.717, 1.165) is 31.3 Å². The van der Waals surface area contributed by atoms with Crippen LogP contribution in [-0.4, -0.2) is 145 Å². The van der Waals surface area contributed by atoms with E-state index in [2.05, 4.69) is 5.32 Å². The highest BCUT2D eigenvalue weighted by molar-refractivity contribution is 6.39. The van der Waals surface area contributed by atoms with Crippen LogP contribution in [0.3, 0.4) is 0 Å². The van der Waals surface area contributed by atoms with Crippen LogP contribution in [0.4, 0.5) is 0 Å². The van der Waals surface area contributed by atoms with Crippen LogP contribution < -0.4 is 11.1 Å². The number of nitrogens with two attached hydrogens (primary N) is 1. The molecule has 4 aliphatic rings. The largest absolute Gasteiger partial charge is 0.456 e. The molecule has 16 nitrogen and oxygen atoms in total. The number of rotatable bonds is 15. The summed E-state index contributed by atoms with van der Waals surface area (Å²) >= 11 is 0. The lowest BCUT2D eigenvalue weighted by atomic mass is 9.81. The zero-order chi connectivity index (χ0) is 49.4. The summed E-state index contributed by atoms with van der Waals surface area (Å²) in [5.41, 5.74) is 7.15. The minimum Gasteiger partial charge on any atom is -0.456 e. The van der Waals surface area contributed by atoms with Gasteiger partial charge in [-0.1, -0.05) is 51.3 Å². The van der Waals surface area contributed by atoms with E-state index in [0.29, 0.717) is 76.5 Å². The maximum atomic E-state index is 14.5. The Morgan fingerprint density at radius 1 is 0.896 bits per heavy atom. The molecule has 3 heterocycles. The quantitative estimate of drug-likeness (QED) is 0.0639. The first-order valence-corrected chi connectivity index (χ1v) is 25.1. The Balaban J connectivity index is 1.72. The predicted molar refractivity (Wildman–Crippen MR) is 252 cm³/mol. The molecule has 2 saturated heterocycles. The van der Waals surface area contributed by atoms with Crippen LogP contribution in [0.15, 0.2) is 23.3 Å². The third kappa shape index (κ3) is 15.7. The Labute approximate surface area is 399 Å². The highest BCUT2D eigenvalue weighted by Crippen LogP contribution is 2.39. The summed E-state index contributed by atoms with van der Waals surface area (Å²) in [6.07, 6.45) is 7.20. The summed E-state index contributed by atoms with van der Waals surface area (Å²) in [5.74, 6) is -8.21. The fourth-order valence-corrected chi connectivity index (χ4v) is 10.7. The van der Waals surface area contributed by atoms with Gasteiger partial charge in [0.25, 0.3) is 11.7 Å². The van der Waals surface area contributed by atoms with Gasteiger partial charge in [-0.15, -0.1) is 0 Å². The molecule has 3 aliphatic heterocycles. The summed E-state index contributed by atoms with van der Waals surface area (Å²) < 4.78 is 30.0. The smallest absolute Gasteiger partial charge is 0.329 e. The molecule has 6 N–H and O–H groups in total. The maximum absolute atomic E-state index is 14.5. The van der Waals surface area contributed by atoms with Crippen LogP contribution in [0.5, 0.6) is 0 Å². The van der Waals surface area contributed by atoms with Gasteiger partial charge in [-0.2, -0.15) is 0 Å². The van der Waals surface area contributed by atoms with Crippen molar-refractivity contribution in [3.8, 4) is 0 Å². The molecule has 3 fully saturated rings. The van der Waals surface area contributed by atoms with Gasteiger partial charge in [0.15, 0.2) is 0 Å². The molecule has 16 heteroatoms. The van der Waals surface area contributed by atoms with Crippen LogP contribution in [0.2, 0.25) is 0 Å². The number of ether oxygens (including phenoxy) is 5. The molecule has 1 saturated carbocycles. The number of piperidine rings is 1. The van der Waals surface area contributed by atoms with Crippen molar-refractivity contribution in [1.29, 1.82) is 0 Å². The summed E-state index contributed by atoms with van der Waals surface area (Å²) in [5, 5.41) is 37.6. The summed E-state index contributed by atoms with van der Waals surface area (Å²) in [7, 11) is 4.60. The minimum absolute atomic E-state index is 0.0424. The number of aliphatic hydroxyl groups excluding tert-OH is 2. The van der Waals surface area contributed by atoms with E-state index >= 15 is 0 Å². The zero-order valence-corrected chi connectivity index (χ0v) is 41.8. The van der Waals surface area contributed by atoms with Crippen LogP contribution in [0.1, 0.15) is 144 Å². The molecule has 0 aromatic rings. The second-order valence-corrected chi connectivity index (χ2v) is 20.2. The van der Waals surface area contributed by atoms with Crippen LogP contribution in [-0.2, 0) is 47.7 Å². The molecule has 4 rings (SSSR count). The fraction of sp³-hybridized carbons (Fsp3) is 0.824. The first-order valence-electron chi connectivity index (χ1n) is 25.1. The summed E-state index contributed by atoms with van der Waals surface area (Å²) in [6.45, 7) is 10.4. The van der Waals surface area contributed by atoms with Gasteiger partial charge in [0.1, 0.15) is 24.0 Å². The third-order valence-electron chi connectivity index (χ3n) is 14.8. The van der Waals surface area contributed by atoms with Gasteiger partial charge in [-0.3, -0.25) is 19.2 Å². The molecule has 0 spiro atoms. The summed E-state index contributed by atoms with van der Waals surface area (Å²) in [6, 6.07) is -1.17. The maximum Gasteiger partial charge on any atom is 0.329 e. The van der Waals surface area contributed by atoms with Gasteiger partial charge in [-0.05, 0) is 121 Å². The lowest BCUT2D eigenvalue weighted by Crippen LogP contribution is -2.64. The van der Waals surface area contributed by atoms with Crippen molar-refractivity contribution < 1.29 is 63.0 Å². The number of Topliss-reactive ketones (excluding diaryl/α,β-unsaturated/α-hetero) is 2. The molecule has 382 valence electrons. The lowest BCUT2D eigenvalue weighted by Gasteiger charge is -2.47. The predicted octanol–water partition coefficient (Wildman–Crippen LogP) is 4.87. The highest BCUT2D eigenvalue weighted by atomic mass is 16.7. The minimum atomic E-state index is -2.54. The van der Waals surface area contributed by atoms with Crippen LogP contribution in [0.25, 0.3) is 0 Å². The number of ketones is 2. The van der Waals surface area contributed by atoms with Crippen LogP contribution >= 0.6 is 0 Å². The molecule has 0 unspecified atom stereocenters. The second-order valence-electron chi connectivity index (χ2n) is 20.2. The fourth-order valence-electron chi connectivity index (χ4n) is 10.7. The Kier molecular flexibility index (Phi) is 23.1. The number of allylic oxidation sites excluding steroid dienone is 3. The number of cyclic esters (lactones) is 1. The first kappa shape index (κ1) is 56.5. The first-order chi connectivity index (χ1) is 31.9. The number of hydrogen-bond acceptors (Lipinski definition) is 14. The number of esters is 1. The molecule has 0 aromatic heterocycles. The number of carbonyl (C=O) groups is 5. The van der Waals surface area contributed by atoms with E-state index in [1.54, 1.807) is 27.9 Å². The number of amides is 2. The Morgan fingerprint density at radius 3 is 2.27 bits per heavy atom. The topological polar surface area (TPSA) is 233 Å². The normalized spacial score (nSPS) is 36.6. The van der Waals surface area contributed by atoms with E-state index in [9.17, 15) is 39.3 Å². The SMILES string of the molecule is CO[C@H]1C[C@@H](C)C/C(C)=C/[C@@H](CCCC(=O)NCCCCCCN)C(=O)C[C@H](O)[C@@H](C)[C@@H](/C(C)=C/[C@@H]2CC[C@@H](O)[C@H](OC)C2)OC(=O)[C@@H]2CCCCN2C(=O)C(=O)[C@]2(O)O[C@H]1[C@@H](OC)C[C@H]2C. The molecule has 67 heavy (non-hydrogen) atoms. The van der Waals surface area contributed by atoms with Gasteiger partial charge in [-0.25, -0.2) is 4.79 Å². The van der Waals surface area contributed by atoms with Crippen molar-refractivity contribution >= 4 is 29.4 Å². The van der Waals surface area contributed by atoms with Gasteiger partial charge >= 0.3 is 5.97 Å². The molecule has 1 aliphatic carbocycles. The van der Waals surface area contributed by atoms with Crippen molar-refractivity contribution in [2.75, 3.05) is 41.0 Å². The molecular formula is C51H85N3O13. The summed E-state index contributed by atoms with van der Waals surface area (Å²) in [4.78, 5) is 71.6. The van der Waals surface area contributed by atoms with Gasteiger partial charge in [0, 0.05) is 65.0 Å². The number of nitrogens with zero attached hydrogens (tertiary/aromatic N) is 1. The van der Waals surface area contributed by atoms with Gasteiger partial charge in [0.05, 0.1) is 30.5 Å². The Hall–Kier alpha value is -3.09. The van der Waals surface area contributed by atoms with Crippen molar-refractivity contribution in [1.82, 2.24) is 10.2 Å². The number of hydrogen-bond donors (Lipinski definition) is 5. The van der Waals surface area contributed by atoms with E-state index in [1.165, 1.54) is 19.1 Å². The van der Waals surface area contributed by atoms with Crippen molar-refractivity contribution in [2.45, 2.75) is 198 Å². The number of unbranched alkanes of at least 4 members (excludes halogenated alkanes) is 3. The van der Waals surface area contributed by atoms with E-state index < -0.39 is 83.9 Å². The Bertz CT molecular complexity index is 1690. The number of methoxy groups -OCH3 is 3. The number of aliphatic hydroxyl groups is 3. The molecule has 2 amide bonds. The van der Waals surface area contributed by atoms with Gasteiger partial charge in [0.2, 0.25) is 11.7 Å². The number of carbonyl (C=O) groups excluding carboxylic acids is 5. The average Bonchev–Trinajstić information content (AvgIpc) is 3.30. The molecular weight excluding hydrogens is 863 g/mol. The monoisotopic (exact) mass is 948 g/mol. The lowest BCUT2D eigenvalue weighted by molar-refractivity contribution is -0.302. The van der Waals surface area contributed by atoms with E-state index in [4.69, 9.17) is 29.4 Å². The Morgan fingerprint density at radius 2 is 1.58 bits per heavy atom. The van der Waals surface area contributed by atoms with E-state index in [1.807, 2.05) is 26.0 Å². The van der Waals surface area contributed by atoms with Crippen molar-refractivity contribution in [3.05, 3.63) is 23.3 Å². The second kappa shape index (κ2) is 27.3. The van der Waals surface area contributed by atoms with Gasteiger partial charge < -0.3 is 55.0 Å². The zero-order valence-electron chi connectivity index (χ0n) is 41.8. The highest BCUT2D eigenvalue weighted by Gasteiger charge is 2.56. The molecule has 0 radical (unpaired) electrons. The van der Waals surface area contributed by atoms with Crippen LogP contribution in [0, 0.1) is 29.6 Å². The molecule has 14 atom stereocenters. The standard InChI is InChI=1S/C51H85N3O13/c1-31-24-32(2)26-43(64-7)47-44(65-8)28-34(4)51(62,67-47)48(59)49(60)54-23-14-11-17-38(54)50(61)66-46(33(3)27-36-19-20-39(55)42(29-36)63-6)35(5)40(56)30-41(57)37(25-31)16-15-18-45(58)53-22-13-10-9-12-21-52/h25,27,32,34-40,42-44,46-47,55-56,62H,9-24,26,28-30,52H2,1-8H3,(H,53,58)/b31-25+,33-27+/t32-,34+,35+,36-,37+,38-,39+,40-,42+,43-,44-,46+,47+,51+/m0/s1. The average molecular weight is 948 g/mol. The van der Waals surface area contributed by atoms with Crippen molar-refractivity contribution in [3.63, 3.8) is 0 Å².